The molecule has 2 heterocycles. The summed E-state index contributed by atoms with van der Waals surface area (Å²) < 4.78 is 21.7. The van der Waals surface area contributed by atoms with E-state index in [2.05, 4.69) is 5.32 Å². The Morgan fingerprint density at radius 1 is 0.935 bits per heavy atom. The second-order valence-corrected chi connectivity index (χ2v) is 7.47. The summed E-state index contributed by atoms with van der Waals surface area (Å²) >= 11 is 0. The first-order chi connectivity index (χ1) is 15.1. The number of anilines is 1. The van der Waals surface area contributed by atoms with E-state index in [1.54, 1.807) is 23.9 Å². The Kier molecular flexibility index (Phi) is 4.75. The van der Waals surface area contributed by atoms with Crippen molar-refractivity contribution < 1.29 is 9.13 Å². The van der Waals surface area contributed by atoms with Gasteiger partial charge < -0.3 is 10.1 Å². The second kappa shape index (κ2) is 7.72. The molecule has 6 heteroatoms. The third-order valence-corrected chi connectivity index (χ3v) is 5.40. The fourth-order valence-electron chi connectivity index (χ4n) is 3.69. The number of aryl methyl sites for hydroxylation is 1. The average molecular weight is 412 g/mol. The van der Waals surface area contributed by atoms with Gasteiger partial charge in [-0.3, -0.25) is 0 Å². The van der Waals surface area contributed by atoms with Crippen molar-refractivity contribution in [2.45, 2.75) is 13.0 Å². The molecule has 0 saturated carbocycles. The Balaban J connectivity index is 1.62. The predicted octanol–water partition coefficient (Wildman–Crippen LogP) is 5.46. The van der Waals surface area contributed by atoms with Crippen LogP contribution < -0.4 is 10.1 Å². The van der Waals surface area contributed by atoms with Crippen LogP contribution in [-0.4, -0.2) is 21.9 Å². The van der Waals surface area contributed by atoms with Gasteiger partial charge in [-0.15, -0.1) is 5.10 Å². The minimum absolute atomic E-state index is 0.280. The molecule has 0 saturated heterocycles. The predicted molar refractivity (Wildman–Crippen MR) is 119 cm³/mol. The summed E-state index contributed by atoms with van der Waals surface area (Å²) in [7, 11) is 1.64. The fraction of sp³-hybridized carbons (Fsp3) is 0.120. The highest BCUT2D eigenvalue weighted by Gasteiger charge is 2.27. The van der Waals surface area contributed by atoms with Crippen LogP contribution in [0.3, 0.4) is 0 Å². The fourth-order valence-corrected chi connectivity index (χ4v) is 3.69. The maximum Gasteiger partial charge on any atom is 0.227 e. The topological polar surface area (TPSA) is 52.0 Å². The highest BCUT2D eigenvalue weighted by molar-refractivity contribution is 5.78. The molecule has 1 atom stereocenters. The molecule has 0 amide bonds. The molecule has 5 rings (SSSR count). The van der Waals surface area contributed by atoms with Crippen molar-refractivity contribution in [2.75, 3.05) is 12.4 Å². The first kappa shape index (κ1) is 19.1. The third-order valence-electron chi connectivity index (χ3n) is 5.40. The highest BCUT2D eigenvalue weighted by Crippen LogP contribution is 2.35. The second-order valence-electron chi connectivity index (χ2n) is 7.47. The summed E-state index contributed by atoms with van der Waals surface area (Å²) in [4.78, 5) is 4.72. The molecule has 1 aromatic heterocycles. The third kappa shape index (κ3) is 3.57. The molecule has 4 aromatic rings. The van der Waals surface area contributed by atoms with E-state index in [9.17, 15) is 4.39 Å². The van der Waals surface area contributed by atoms with E-state index in [4.69, 9.17) is 14.8 Å². The van der Waals surface area contributed by atoms with Gasteiger partial charge >= 0.3 is 0 Å². The van der Waals surface area contributed by atoms with Crippen molar-refractivity contribution in [3.8, 4) is 17.1 Å². The number of halogens is 1. The SMILES string of the molecule is COc1ccc(C2=CC(c3ccccc3F)n3nc(-c4ccc(C)cc4)nc3N2)cc1. The normalized spacial score (nSPS) is 15.1. The molecule has 1 N–H and O–H groups in total. The minimum Gasteiger partial charge on any atom is -0.497 e. The van der Waals surface area contributed by atoms with E-state index in [1.165, 1.54) is 11.6 Å². The number of hydrogen-bond donors (Lipinski definition) is 1. The van der Waals surface area contributed by atoms with Gasteiger partial charge in [0, 0.05) is 16.8 Å². The molecule has 31 heavy (non-hydrogen) atoms. The van der Waals surface area contributed by atoms with E-state index in [-0.39, 0.29) is 5.82 Å². The molecule has 0 aliphatic carbocycles. The average Bonchev–Trinajstić information content (AvgIpc) is 3.24. The number of nitrogens with one attached hydrogen (secondary N) is 1. The largest absolute Gasteiger partial charge is 0.497 e. The lowest BCUT2D eigenvalue weighted by Gasteiger charge is -2.24. The molecular weight excluding hydrogens is 391 g/mol. The Labute approximate surface area is 179 Å². The lowest BCUT2D eigenvalue weighted by molar-refractivity contribution is 0.415. The molecule has 0 radical (unpaired) electrons. The van der Waals surface area contributed by atoms with Gasteiger partial charge in [-0.2, -0.15) is 4.98 Å². The Hall–Kier alpha value is -3.93. The van der Waals surface area contributed by atoms with Gasteiger partial charge in [-0.1, -0.05) is 48.0 Å². The number of fused-ring (bicyclic) bond motifs is 1. The number of benzene rings is 3. The molecule has 5 nitrogen and oxygen atoms in total. The van der Waals surface area contributed by atoms with Gasteiger partial charge in [0.1, 0.15) is 17.6 Å². The van der Waals surface area contributed by atoms with Crippen molar-refractivity contribution in [3.63, 3.8) is 0 Å². The molecular formula is C25H21FN4O. The van der Waals surface area contributed by atoms with Crippen molar-refractivity contribution in [1.29, 1.82) is 0 Å². The number of hydrogen-bond acceptors (Lipinski definition) is 4. The molecule has 1 aliphatic heterocycles. The van der Waals surface area contributed by atoms with Gasteiger partial charge in [0.05, 0.1) is 7.11 Å². The molecule has 1 unspecified atom stereocenters. The Morgan fingerprint density at radius 2 is 1.65 bits per heavy atom. The van der Waals surface area contributed by atoms with E-state index in [0.717, 1.165) is 22.6 Å². The van der Waals surface area contributed by atoms with Crippen LogP contribution in [0.4, 0.5) is 10.3 Å². The lowest BCUT2D eigenvalue weighted by Crippen LogP contribution is -2.21. The maximum absolute atomic E-state index is 14.7. The summed E-state index contributed by atoms with van der Waals surface area (Å²) in [6.07, 6.45) is 1.97. The van der Waals surface area contributed by atoms with Crippen LogP contribution in [-0.2, 0) is 0 Å². The number of allylic oxidation sites excluding steroid dienone is 1. The van der Waals surface area contributed by atoms with Crippen LogP contribution in [0, 0.1) is 12.7 Å². The summed E-state index contributed by atoms with van der Waals surface area (Å²) in [5.74, 6) is 1.65. The molecule has 0 bridgehead atoms. The van der Waals surface area contributed by atoms with Crippen LogP contribution in [0.2, 0.25) is 0 Å². The highest BCUT2D eigenvalue weighted by atomic mass is 19.1. The van der Waals surface area contributed by atoms with Crippen LogP contribution in [0.5, 0.6) is 5.75 Å². The summed E-state index contributed by atoms with van der Waals surface area (Å²) in [6, 6.07) is 22.1. The zero-order valence-corrected chi connectivity index (χ0v) is 17.2. The van der Waals surface area contributed by atoms with Crippen molar-refractivity contribution >= 4 is 11.6 Å². The van der Waals surface area contributed by atoms with E-state index in [0.29, 0.717) is 17.3 Å². The standard InChI is InChI=1S/C25H21FN4O/c1-16-7-9-18(10-8-16)24-28-25-27-22(17-11-13-19(31-2)14-12-17)15-23(30(25)29-24)20-5-3-4-6-21(20)26/h3-15,23H,1-2H3,(H,27,28,29). The van der Waals surface area contributed by atoms with Crippen molar-refractivity contribution in [3.05, 3.63) is 101 Å². The van der Waals surface area contributed by atoms with Crippen molar-refractivity contribution in [1.82, 2.24) is 14.8 Å². The van der Waals surface area contributed by atoms with Gasteiger partial charge in [0.15, 0.2) is 5.82 Å². The van der Waals surface area contributed by atoms with Crippen LogP contribution in [0.15, 0.2) is 78.9 Å². The zero-order chi connectivity index (χ0) is 21.4. The Bertz CT molecular complexity index is 1260. The number of rotatable bonds is 4. The number of aromatic nitrogens is 3. The first-order valence-electron chi connectivity index (χ1n) is 10.0. The minimum atomic E-state index is -0.429. The zero-order valence-electron chi connectivity index (χ0n) is 17.2. The summed E-state index contributed by atoms with van der Waals surface area (Å²) in [6.45, 7) is 2.04. The van der Waals surface area contributed by atoms with Crippen LogP contribution >= 0.6 is 0 Å². The van der Waals surface area contributed by atoms with Gasteiger partial charge in [0.25, 0.3) is 0 Å². The molecule has 3 aromatic carbocycles. The molecule has 154 valence electrons. The molecule has 1 aliphatic rings. The monoisotopic (exact) mass is 412 g/mol. The van der Waals surface area contributed by atoms with Crippen molar-refractivity contribution in [2.24, 2.45) is 0 Å². The maximum atomic E-state index is 14.7. The lowest BCUT2D eigenvalue weighted by atomic mass is 10.0. The first-order valence-corrected chi connectivity index (χ1v) is 10.0. The summed E-state index contributed by atoms with van der Waals surface area (Å²) in [5.41, 5.74) is 4.40. The smallest absolute Gasteiger partial charge is 0.227 e. The molecule has 0 fully saturated rings. The number of methoxy groups -OCH3 is 1. The molecule has 0 spiro atoms. The quantitative estimate of drug-likeness (QED) is 0.484. The van der Waals surface area contributed by atoms with E-state index >= 15 is 0 Å². The summed E-state index contributed by atoms with van der Waals surface area (Å²) in [5, 5.41) is 8.08. The van der Waals surface area contributed by atoms with Crippen LogP contribution in [0.25, 0.3) is 17.1 Å². The van der Waals surface area contributed by atoms with E-state index in [1.807, 2.05) is 67.6 Å². The van der Waals surface area contributed by atoms with Gasteiger partial charge in [0.2, 0.25) is 5.95 Å². The van der Waals surface area contributed by atoms with Crippen LogP contribution in [0.1, 0.15) is 22.7 Å². The van der Waals surface area contributed by atoms with E-state index < -0.39 is 6.04 Å². The number of ether oxygens (including phenoxy) is 1. The van der Waals surface area contributed by atoms with Gasteiger partial charge in [-0.25, -0.2) is 9.07 Å². The Morgan fingerprint density at radius 3 is 2.35 bits per heavy atom. The number of nitrogens with zero attached hydrogens (tertiary/aromatic N) is 3. The van der Waals surface area contributed by atoms with Gasteiger partial charge in [-0.05, 0) is 48.9 Å².